The van der Waals surface area contributed by atoms with E-state index in [1.165, 1.54) is 0 Å². The number of morpholine rings is 1. The molecular formula is C14H18ClNO3. The molecule has 1 aromatic rings. The Kier molecular flexibility index (Phi) is 5.34. The molecule has 2 rings (SSSR count). The van der Waals surface area contributed by atoms with Gasteiger partial charge in [-0.3, -0.25) is 9.69 Å². The van der Waals surface area contributed by atoms with Crippen molar-refractivity contribution >= 4 is 17.4 Å². The van der Waals surface area contributed by atoms with Crippen molar-refractivity contribution < 1.29 is 14.6 Å². The average Bonchev–Trinajstić information content (AvgIpc) is 2.45. The second kappa shape index (κ2) is 7.01. The molecule has 0 aliphatic carbocycles. The van der Waals surface area contributed by atoms with E-state index < -0.39 is 0 Å². The summed E-state index contributed by atoms with van der Waals surface area (Å²) in [7, 11) is 0. The molecule has 1 aliphatic heterocycles. The van der Waals surface area contributed by atoms with E-state index in [1.54, 1.807) is 12.1 Å². The first-order valence-electron chi connectivity index (χ1n) is 6.42. The number of ether oxygens (including phenoxy) is 1. The van der Waals surface area contributed by atoms with Crippen molar-refractivity contribution in [2.24, 2.45) is 0 Å². The molecule has 1 saturated heterocycles. The third kappa shape index (κ3) is 3.76. The molecule has 4 nitrogen and oxygen atoms in total. The molecule has 0 amide bonds. The zero-order valence-corrected chi connectivity index (χ0v) is 11.5. The molecule has 1 aromatic carbocycles. The molecule has 1 N–H and O–H groups in total. The Labute approximate surface area is 117 Å². The Bertz CT molecular complexity index is 438. The van der Waals surface area contributed by atoms with E-state index in [4.69, 9.17) is 16.3 Å². The van der Waals surface area contributed by atoms with Crippen LogP contribution >= 0.6 is 11.6 Å². The van der Waals surface area contributed by atoms with Crippen LogP contribution in [0.15, 0.2) is 24.3 Å². The monoisotopic (exact) mass is 283 g/mol. The van der Waals surface area contributed by atoms with Crippen molar-refractivity contribution in [1.82, 2.24) is 4.90 Å². The maximum atomic E-state index is 12.1. The summed E-state index contributed by atoms with van der Waals surface area (Å²) in [5.41, 5.74) is 0.568. The smallest absolute Gasteiger partial charge is 0.165 e. The molecule has 0 spiro atoms. The van der Waals surface area contributed by atoms with Crippen molar-refractivity contribution in [3.8, 4) is 0 Å². The normalized spacial score (nSPS) is 20.4. The molecule has 0 bridgehead atoms. The number of aliphatic hydroxyl groups is 1. The first-order valence-corrected chi connectivity index (χ1v) is 6.80. The van der Waals surface area contributed by atoms with Gasteiger partial charge in [-0.15, -0.1) is 0 Å². The Morgan fingerprint density at radius 3 is 3.00 bits per heavy atom. The van der Waals surface area contributed by atoms with Crippen LogP contribution in [0.2, 0.25) is 5.02 Å². The minimum absolute atomic E-state index is 0.00667. The number of hydrogen-bond donors (Lipinski definition) is 1. The third-order valence-electron chi connectivity index (χ3n) is 3.36. The van der Waals surface area contributed by atoms with Crippen LogP contribution < -0.4 is 0 Å². The minimum atomic E-state index is -0.00667. The number of Topliss-reactive ketones (excluding diaryl/α,β-unsaturated/α-hetero) is 1. The topological polar surface area (TPSA) is 49.8 Å². The van der Waals surface area contributed by atoms with Gasteiger partial charge in [0.1, 0.15) is 0 Å². The number of halogens is 1. The molecule has 0 radical (unpaired) electrons. The zero-order chi connectivity index (χ0) is 13.7. The van der Waals surface area contributed by atoms with Crippen LogP contribution in [0.4, 0.5) is 0 Å². The van der Waals surface area contributed by atoms with Crippen LogP contribution in [0.3, 0.4) is 0 Å². The first kappa shape index (κ1) is 14.5. The van der Waals surface area contributed by atoms with Crippen LogP contribution in [0.5, 0.6) is 0 Å². The molecule has 5 heteroatoms. The van der Waals surface area contributed by atoms with Gasteiger partial charge in [0.15, 0.2) is 5.78 Å². The molecule has 104 valence electrons. The maximum absolute atomic E-state index is 12.1. The fraction of sp³-hybridized carbons (Fsp3) is 0.500. The number of rotatable bonds is 5. The van der Waals surface area contributed by atoms with Gasteiger partial charge < -0.3 is 9.84 Å². The molecule has 1 atom stereocenters. The van der Waals surface area contributed by atoms with Crippen molar-refractivity contribution in [3.63, 3.8) is 0 Å². The van der Waals surface area contributed by atoms with Gasteiger partial charge in [-0.05, 0) is 12.1 Å². The highest BCUT2D eigenvalue weighted by molar-refractivity contribution is 6.33. The quantitative estimate of drug-likeness (QED) is 0.834. The van der Waals surface area contributed by atoms with Crippen LogP contribution in [-0.2, 0) is 4.74 Å². The Morgan fingerprint density at radius 2 is 2.26 bits per heavy atom. The van der Waals surface area contributed by atoms with Crippen LogP contribution in [0, 0.1) is 0 Å². The Balaban J connectivity index is 1.91. The predicted molar refractivity (Wildman–Crippen MR) is 73.7 cm³/mol. The average molecular weight is 284 g/mol. The lowest BCUT2D eigenvalue weighted by Gasteiger charge is -2.34. The number of nitrogens with zero attached hydrogens (tertiary/aromatic N) is 1. The third-order valence-corrected chi connectivity index (χ3v) is 3.69. The largest absolute Gasteiger partial charge is 0.395 e. The minimum Gasteiger partial charge on any atom is -0.395 e. The van der Waals surface area contributed by atoms with Crippen molar-refractivity contribution in [1.29, 1.82) is 0 Å². The van der Waals surface area contributed by atoms with Gasteiger partial charge in [0.05, 0.1) is 30.9 Å². The van der Waals surface area contributed by atoms with Gasteiger partial charge in [0.25, 0.3) is 0 Å². The number of ketones is 1. The molecular weight excluding hydrogens is 266 g/mol. The number of carbonyl (C=O) groups is 1. The van der Waals surface area contributed by atoms with Crippen molar-refractivity contribution in [3.05, 3.63) is 34.9 Å². The highest BCUT2D eigenvalue weighted by Gasteiger charge is 2.22. The second-order valence-corrected chi connectivity index (χ2v) is 5.01. The summed E-state index contributed by atoms with van der Waals surface area (Å²) in [6, 6.07) is 7.08. The van der Waals surface area contributed by atoms with E-state index in [0.717, 1.165) is 6.54 Å². The van der Waals surface area contributed by atoms with Gasteiger partial charge in [-0.1, -0.05) is 23.7 Å². The number of carbonyl (C=O) groups excluding carboxylic acids is 1. The summed E-state index contributed by atoms with van der Waals surface area (Å²) >= 11 is 6.00. The van der Waals surface area contributed by atoms with E-state index in [-0.39, 0.29) is 18.4 Å². The summed E-state index contributed by atoms with van der Waals surface area (Å²) in [4.78, 5) is 14.2. The molecule has 1 fully saturated rings. The second-order valence-electron chi connectivity index (χ2n) is 4.60. The predicted octanol–water partition coefficient (Wildman–Crippen LogP) is 1.61. The summed E-state index contributed by atoms with van der Waals surface area (Å²) in [6.07, 6.45) is 0.403. The SMILES string of the molecule is O=C(CCN1CCOCC1CO)c1ccccc1Cl. The van der Waals surface area contributed by atoms with Gasteiger partial charge in [-0.25, -0.2) is 0 Å². The summed E-state index contributed by atoms with van der Waals surface area (Å²) in [5.74, 6) is 0.0359. The Hall–Kier alpha value is -0.940. The molecule has 1 heterocycles. The van der Waals surface area contributed by atoms with E-state index in [2.05, 4.69) is 4.90 Å². The first-order chi connectivity index (χ1) is 9.22. The number of benzene rings is 1. The highest BCUT2D eigenvalue weighted by Crippen LogP contribution is 2.17. The highest BCUT2D eigenvalue weighted by atomic mass is 35.5. The van der Waals surface area contributed by atoms with Crippen LogP contribution in [-0.4, -0.2) is 54.7 Å². The number of aliphatic hydroxyl groups excluding tert-OH is 1. The van der Waals surface area contributed by atoms with Gasteiger partial charge >= 0.3 is 0 Å². The number of hydrogen-bond acceptors (Lipinski definition) is 4. The zero-order valence-electron chi connectivity index (χ0n) is 10.7. The van der Waals surface area contributed by atoms with Gasteiger partial charge in [-0.2, -0.15) is 0 Å². The maximum Gasteiger partial charge on any atom is 0.165 e. The summed E-state index contributed by atoms with van der Waals surface area (Å²) < 4.78 is 5.31. The molecule has 0 aromatic heterocycles. The molecule has 19 heavy (non-hydrogen) atoms. The Morgan fingerprint density at radius 1 is 1.47 bits per heavy atom. The van der Waals surface area contributed by atoms with E-state index in [0.29, 0.717) is 36.8 Å². The van der Waals surface area contributed by atoms with Gasteiger partial charge in [0.2, 0.25) is 0 Å². The van der Waals surface area contributed by atoms with Crippen molar-refractivity contribution in [2.75, 3.05) is 32.9 Å². The fourth-order valence-corrected chi connectivity index (χ4v) is 2.46. The molecule has 1 unspecified atom stereocenters. The lowest BCUT2D eigenvalue weighted by Crippen LogP contribution is -2.48. The van der Waals surface area contributed by atoms with Crippen LogP contribution in [0.25, 0.3) is 0 Å². The van der Waals surface area contributed by atoms with E-state index in [9.17, 15) is 9.90 Å². The van der Waals surface area contributed by atoms with Crippen molar-refractivity contribution in [2.45, 2.75) is 12.5 Å². The molecule has 0 saturated carbocycles. The molecule has 1 aliphatic rings. The lowest BCUT2D eigenvalue weighted by molar-refractivity contribution is -0.0270. The van der Waals surface area contributed by atoms with E-state index >= 15 is 0 Å². The summed E-state index contributed by atoms with van der Waals surface area (Å²) in [5, 5.41) is 9.75. The lowest BCUT2D eigenvalue weighted by atomic mass is 10.1. The fourth-order valence-electron chi connectivity index (χ4n) is 2.22. The summed E-state index contributed by atoms with van der Waals surface area (Å²) in [6.45, 7) is 2.60. The van der Waals surface area contributed by atoms with Gasteiger partial charge in [0, 0.05) is 25.1 Å². The van der Waals surface area contributed by atoms with E-state index in [1.807, 2.05) is 12.1 Å². The van der Waals surface area contributed by atoms with Crippen LogP contribution in [0.1, 0.15) is 16.8 Å². The standard InChI is InChI=1S/C14H18ClNO3/c15-13-4-2-1-3-12(13)14(18)5-6-16-7-8-19-10-11(16)9-17/h1-4,11,17H,5-10H2.